The average molecular weight is 574 g/mol. The molecule has 0 spiro atoms. The molecule has 1 N–H and O–H groups in total. The molecule has 3 aromatic carbocycles. The van der Waals surface area contributed by atoms with E-state index in [9.17, 15) is 24.5 Å². The van der Waals surface area contributed by atoms with Crippen molar-refractivity contribution in [1.29, 1.82) is 0 Å². The quantitative estimate of drug-likeness (QED) is 0.159. The fourth-order valence-electron chi connectivity index (χ4n) is 7.01. The van der Waals surface area contributed by atoms with Crippen molar-refractivity contribution in [1.82, 2.24) is 10.4 Å². The normalized spacial score (nSPS) is 23.1. The maximum Gasteiger partial charge on any atom is 0.273 e. The van der Waals surface area contributed by atoms with E-state index in [-0.39, 0.29) is 17.1 Å². The van der Waals surface area contributed by atoms with E-state index in [0.29, 0.717) is 5.56 Å². The van der Waals surface area contributed by atoms with Crippen LogP contribution in [0.4, 0.5) is 11.4 Å². The summed E-state index contributed by atoms with van der Waals surface area (Å²) in [4.78, 5) is 57.6. The Morgan fingerprint density at radius 3 is 2.35 bits per heavy atom. The highest BCUT2D eigenvalue weighted by atomic mass is 16.6. The van der Waals surface area contributed by atoms with E-state index >= 15 is 0 Å². The van der Waals surface area contributed by atoms with Gasteiger partial charge in [0.1, 0.15) is 5.75 Å². The highest BCUT2D eigenvalue weighted by Crippen LogP contribution is 2.64. The van der Waals surface area contributed by atoms with Crippen LogP contribution in [0.25, 0.3) is 0 Å². The standard InChI is InChI=1S/C32H23N5O6/c1-43-25-15-19(37(41)42)12-13-24(25)36-30(39)27-26-20-8-2-4-10-22(20)32(28(27)31(36)40,23-11-5-3-9-21(23)26)17-34-35-29(38)18-7-6-14-33-16-18/h2-17,26-28H,1H3,(H,35,38)/b34-17-/t26?,27-,28-,32?/m0/s1. The minimum atomic E-state index is -1.20. The van der Waals surface area contributed by atoms with Crippen molar-refractivity contribution in [2.75, 3.05) is 12.0 Å². The fourth-order valence-corrected chi connectivity index (χ4v) is 7.01. The number of nitro benzene ring substituents is 1. The number of amides is 3. The fraction of sp³-hybridized carbons (Fsp3) is 0.156. The van der Waals surface area contributed by atoms with Gasteiger partial charge in [-0.25, -0.2) is 10.3 Å². The number of rotatable bonds is 6. The van der Waals surface area contributed by atoms with Gasteiger partial charge in [0.15, 0.2) is 0 Å². The minimum Gasteiger partial charge on any atom is -0.494 e. The predicted octanol–water partition coefficient (Wildman–Crippen LogP) is 3.97. The molecule has 0 unspecified atom stereocenters. The molecule has 212 valence electrons. The van der Waals surface area contributed by atoms with Crippen molar-refractivity contribution in [2.24, 2.45) is 16.9 Å². The number of nitrogens with one attached hydrogen (secondary N) is 1. The van der Waals surface area contributed by atoms with Crippen LogP contribution in [0, 0.1) is 22.0 Å². The van der Waals surface area contributed by atoms with Crippen LogP contribution in [0.15, 0.2) is 96.4 Å². The van der Waals surface area contributed by atoms with Crippen LogP contribution >= 0.6 is 0 Å². The Bertz CT molecular complexity index is 1830. The maximum atomic E-state index is 14.5. The van der Waals surface area contributed by atoms with Crippen molar-refractivity contribution in [2.45, 2.75) is 11.3 Å². The number of pyridine rings is 1. The Kier molecular flexibility index (Phi) is 5.91. The summed E-state index contributed by atoms with van der Waals surface area (Å²) < 4.78 is 5.42. The Morgan fingerprint density at radius 1 is 1.02 bits per heavy atom. The lowest BCUT2D eigenvalue weighted by atomic mass is 9.47. The topological polar surface area (TPSA) is 144 Å². The number of anilines is 1. The first-order chi connectivity index (χ1) is 20.9. The number of carbonyl (C=O) groups excluding carboxylic acids is 3. The number of nitro groups is 1. The Hall–Kier alpha value is -5.71. The summed E-state index contributed by atoms with van der Waals surface area (Å²) in [6.07, 6.45) is 4.54. The first kappa shape index (κ1) is 26.2. The number of hydrogen-bond donors (Lipinski definition) is 1. The van der Waals surface area contributed by atoms with E-state index < -0.39 is 45.8 Å². The van der Waals surface area contributed by atoms with Gasteiger partial charge in [-0.15, -0.1) is 0 Å². The van der Waals surface area contributed by atoms with Gasteiger partial charge in [-0.2, -0.15) is 5.10 Å². The third kappa shape index (κ3) is 3.64. The van der Waals surface area contributed by atoms with Crippen molar-refractivity contribution < 1.29 is 24.0 Å². The molecule has 1 aromatic heterocycles. The largest absolute Gasteiger partial charge is 0.494 e. The summed E-state index contributed by atoms with van der Waals surface area (Å²) >= 11 is 0. The number of benzene rings is 3. The van der Waals surface area contributed by atoms with Crippen molar-refractivity contribution in [3.05, 3.63) is 129 Å². The first-order valence-electron chi connectivity index (χ1n) is 13.5. The lowest BCUT2D eigenvalue weighted by molar-refractivity contribution is -0.384. The second kappa shape index (κ2) is 9.69. The Labute approximate surface area is 245 Å². The zero-order chi connectivity index (χ0) is 29.9. The van der Waals surface area contributed by atoms with Gasteiger partial charge in [-0.3, -0.25) is 29.5 Å². The number of hydrazone groups is 1. The molecule has 1 saturated heterocycles. The molecule has 2 atom stereocenters. The van der Waals surface area contributed by atoms with Crippen LogP contribution in [0.5, 0.6) is 5.75 Å². The number of carbonyl (C=O) groups is 3. The van der Waals surface area contributed by atoms with Gasteiger partial charge in [0.2, 0.25) is 11.8 Å². The highest BCUT2D eigenvalue weighted by molar-refractivity contribution is 6.25. The Morgan fingerprint density at radius 2 is 1.72 bits per heavy atom. The number of methoxy groups -OCH3 is 1. The summed E-state index contributed by atoms with van der Waals surface area (Å²) in [5.41, 5.74) is 4.99. The summed E-state index contributed by atoms with van der Waals surface area (Å²) in [5, 5.41) is 15.8. The third-order valence-electron chi connectivity index (χ3n) is 8.66. The molecule has 4 aromatic rings. The van der Waals surface area contributed by atoms with Crippen LogP contribution in [-0.4, -0.2) is 41.0 Å². The molecule has 8 rings (SSSR count). The molecule has 11 heteroatoms. The second-order valence-electron chi connectivity index (χ2n) is 10.6. The van der Waals surface area contributed by atoms with Crippen molar-refractivity contribution in [3.8, 4) is 5.75 Å². The highest BCUT2D eigenvalue weighted by Gasteiger charge is 2.68. The number of nitrogens with zero attached hydrogens (tertiary/aromatic N) is 4. The van der Waals surface area contributed by atoms with Gasteiger partial charge in [0.25, 0.3) is 11.6 Å². The zero-order valence-corrected chi connectivity index (χ0v) is 22.7. The van der Waals surface area contributed by atoms with Crippen molar-refractivity contribution >= 4 is 35.3 Å². The number of aromatic nitrogens is 1. The van der Waals surface area contributed by atoms with Gasteiger partial charge in [0.05, 0.1) is 46.6 Å². The molecule has 43 heavy (non-hydrogen) atoms. The number of imide groups is 1. The van der Waals surface area contributed by atoms with E-state index in [1.54, 1.807) is 24.5 Å². The molecular weight excluding hydrogens is 550 g/mol. The van der Waals surface area contributed by atoms with E-state index in [1.807, 2.05) is 48.5 Å². The van der Waals surface area contributed by atoms with E-state index in [1.165, 1.54) is 31.5 Å². The lowest BCUT2D eigenvalue weighted by Gasteiger charge is -2.52. The Balaban J connectivity index is 1.41. The molecule has 11 nitrogen and oxygen atoms in total. The van der Waals surface area contributed by atoms with Crippen LogP contribution in [-0.2, 0) is 15.0 Å². The van der Waals surface area contributed by atoms with Gasteiger partial charge >= 0.3 is 0 Å². The molecule has 1 fully saturated rings. The number of hydrogen-bond acceptors (Lipinski definition) is 8. The van der Waals surface area contributed by atoms with Gasteiger partial charge in [-0.1, -0.05) is 48.5 Å². The average Bonchev–Trinajstić information content (AvgIpc) is 3.31. The number of ether oxygens (including phenoxy) is 1. The lowest BCUT2D eigenvalue weighted by Crippen LogP contribution is -2.54. The SMILES string of the molecule is COc1cc([N+](=O)[O-])ccc1N1C(=O)[C@@H]2[C@@H](C1=O)C1c3ccccc3C2(/C=N\NC(=O)c2cccnc2)c2ccccc21. The molecule has 3 amide bonds. The van der Waals surface area contributed by atoms with Crippen LogP contribution in [0.3, 0.4) is 0 Å². The van der Waals surface area contributed by atoms with Gasteiger partial charge < -0.3 is 4.74 Å². The monoisotopic (exact) mass is 573 g/mol. The maximum absolute atomic E-state index is 14.5. The minimum absolute atomic E-state index is 0.0309. The van der Waals surface area contributed by atoms with E-state index in [2.05, 4.69) is 15.5 Å². The smallest absolute Gasteiger partial charge is 0.273 e. The predicted molar refractivity (Wildman–Crippen MR) is 155 cm³/mol. The summed E-state index contributed by atoms with van der Waals surface area (Å²) in [6.45, 7) is 0. The number of non-ortho nitro benzene ring substituents is 1. The van der Waals surface area contributed by atoms with Crippen LogP contribution in [0.2, 0.25) is 0 Å². The van der Waals surface area contributed by atoms with Crippen LogP contribution in [0.1, 0.15) is 38.5 Å². The molecule has 4 aliphatic rings. The molecule has 2 heterocycles. The molecule has 0 saturated carbocycles. The third-order valence-corrected chi connectivity index (χ3v) is 8.66. The summed E-state index contributed by atoms with van der Waals surface area (Å²) in [6, 6.07) is 22.3. The molecule has 2 bridgehead atoms. The summed E-state index contributed by atoms with van der Waals surface area (Å²) in [5.74, 6) is -3.48. The second-order valence-corrected chi connectivity index (χ2v) is 10.6. The summed E-state index contributed by atoms with van der Waals surface area (Å²) in [7, 11) is 1.33. The van der Waals surface area contributed by atoms with Crippen LogP contribution < -0.4 is 15.1 Å². The first-order valence-corrected chi connectivity index (χ1v) is 13.5. The zero-order valence-electron chi connectivity index (χ0n) is 22.7. The molecule has 1 aliphatic heterocycles. The van der Waals surface area contributed by atoms with Gasteiger partial charge in [0, 0.05) is 30.6 Å². The van der Waals surface area contributed by atoms with Gasteiger partial charge in [-0.05, 0) is 40.5 Å². The van der Waals surface area contributed by atoms with E-state index in [0.717, 1.165) is 27.2 Å². The molecule has 0 radical (unpaired) electrons. The molecule has 3 aliphatic carbocycles. The van der Waals surface area contributed by atoms with E-state index in [4.69, 9.17) is 4.74 Å². The van der Waals surface area contributed by atoms with Crippen molar-refractivity contribution in [3.63, 3.8) is 0 Å². The molecular formula is C32H23N5O6.